The van der Waals surface area contributed by atoms with Crippen molar-refractivity contribution in [3.63, 3.8) is 0 Å². The maximum absolute atomic E-state index is 10.4. The molecule has 0 aliphatic heterocycles. The summed E-state index contributed by atoms with van der Waals surface area (Å²) in [5.74, 6) is 0. The molecule has 3 heteroatoms. The molecule has 3 nitrogen and oxygen atoms in total. The molecule has 2 N–H and O–H groups in total. The molecule has 0 bridgehead atoms. The normalized spacial score (nSPS) is 9.73. The van der Waals surface area contributed by atoms with Crippen molar-refractivity contribution in [3.05, 3.63) is 17.0 Å². The maximum atomic E-state index is 10.4. The van der Waals surface area contributed by atoms with Gasteiger partial charge in [0.25, 0.3) is 0 Å². The Balaban J connectivity index is 3.24. The number of carbonyl (C=O) groups is 1. The number of aromatic amines is 1. The fourth-order valence-corrected chi connectivity index (χ4v) is 1.27. The molecule has 0 atom stereocenters. The van der Waals surface area contributed by atoms with Crippen molar-refractivity contribution >= 4 is 12.0 Å². The summed E-state index contributed by atoms with van der Waals surface area (Å²) >= 11 is 0. The van der Waals surface area contributed by atoms with Crippen LogP contribution in [0.4, 0.5) is 5.69 Å². The van der Waals surface area contributed by atoms with E-state index >= 15 is 0 Å². The van der Waals surface area contributed by atoms with Crippen LogP contribution < -0.4 is 5.32 Å². The Hall–Kier alpha value is -1.25. The van der Waals surface area contributed by atoms with Gasteiger partial charge < -0.3 is 10.3 Å². The summed E-state index contributed by atoms with van der Waals surface area (Å²) in [5, 5.41) is 3.03. The Kier molecular flexibility index (Phi) is 1.98. The monoisotopic (exact) mass is 152 g/mol. The van der Waals surface area contributed by atoms with Crippen molar-refractivity contribution in [2.24, 2.45) is 0 Å². The molecule has 0 fully saturated rings. The van der Waals surface area contributed by atoms with Crippen molar-refractivity contribution in [3.8, 4) is 0 Å². The Morgan fingerprint density at radius 2 is 2.09 bits per heavy atom. The first-order chi connectivity index (χ1) is 5.20. The SMILES string of the molecule is CNc1c(C)[nH]c(C=O)c1C. The number of nitrogens with one attached hydrogen (secondary N) is 2. The quantitative estimate of drug-likeness (QED) is 0.630. The van der Waals surface area contributed by atoms with Gasteiger partial charge in [0.05, 0.1) is 11.4 Å². The summed E-state index contributed by atoms with van der Waals surface area (Å²) in [7, 11) is 1.84. The summed E-state index contributed by atoms with van der Waals surface area (Å²) in [4.78, 5) is 13.4. The molecule has 1 aromatic heterocycles. The molecule has 0 unspecified atom stereocenters. The van der Waals surface area contributed by atoms with Crippen molar-refractivity contribution < 1.29 is 4.79 Å². The third-order valence-corrected chi connectivity index (χ3v) is 1.84. The van der Waals surface area contributed by atoms with Gasteiger partial charge in [0, 0.05) is 18.3 Å². The molecule has 0 saturated carbocycles. The minimum atomic E-state index is 0.659. The number of H-pyrrole nitrogens is 1. The van der Waals surface area contributed by atoms with E-state index in [9.17, 15) is 4.79 Å². The number of hydrogen-bond acceptors (Lipinski definition) is 2. The summed E-state index contributed by atoms with van der Waals surface area (Å²) in [6, 6.07) is 0. The fraction of sp³-hybridized carbons (Fsp3) is 0.375. The number of aromatic nitrogens is 1. The molecular formula is C8H12N2O. The van der Waals surface area contributed by atoms with Crippen LogP contribution in [0.1, 0.15) is 21.7 Å². The number of anilines is 1. The molecule has 0 amide bonds. The minimum Gasteiger partial charge on any atom is -0.386 e. The summed E-state index contributed by atoms with van der Waals surface area (Å²) < 4.78 is 0. The van der Waals surface area contributed by atoms with Crippen molar-refractivity contribution in [2.75, 3.05) is 12.4 Å². The van der Waals surface area contributed by atoms with Gasteiger partial charge in [-0.25, -0.2) is 0 Å². The van der Waals surface area contributed by atoms with Gasteiger partial charge in [-0.2, -0.15) is 0 Å². The van der Waals surface area contributed by atoms with Gasteiger partial charge in [-0.3, -0.25) is 4.79 Å². The maximum Gasteiger partial charge on any atom is 0.166 e. The first kappa shape index (κ1) is 7.85. The van der Waals surface area contributed by atoms with Crippen LogP contribution in [0, 0.1) is 13.8 Å². The zero-order valence-electron chi connectivity index (χ0n) is 6.99. The first-order valence-corrected chi connectivity index (χ1v) is 3.52. The average Bonchev–Trinajstić information content (AvgIpc) is 2.26. The van der Waals surface area contributed by atoms with E-state index in [1.165, 1.54) is 0 Å². The topological polar surface area (TPSA) is 44.9 Å². The van der Waals surface area contributed by atoms with Crippen LogP contribution in [0.25, 0.3) is 0 Å². The van der Waals surface area contributed by atoms with Gasteiger partial charge in [0.2, 0.25) is 0 Å². The summed E-state index contributed by atoms with van der Waals surface area (Å²) in [5.41, 5.74) is 3.67. The average molecular weight is 152 g/mol. The standard InChI is InChI=1S/C8H12N2O/c1-5-7(4-11)10-6(2)8(5)9-3/h4,9-10H,1-3H3. The van der Waals surface area contributed by atoms with Crippen molar-refractivity contribution in [1.29, 1.82) is 0 Å². The van der Waals surface area contributed by atoms with Gasteiger partial charge in [-0.05, 0) is 13.8 Å². The van der Waals surface area contributed by atoms with Crippen LogP contribution in [0.3, 0.4) is 0 Å². The van der Waals surface area contributed by atoms with Gasteiger partial charge in [0.15, 0.2) is 6.29 Å². The molecule has 0 aromatic carbocycles. The smallest absolute Gasteiger partial charge is 0.166 e. The van der Waals surface area contributed by atoms with Crippen molar-refractivity contribution in [2.45, 2.75) is 13.8 Å². The molecule has 0 saturated heterocycles. The van der Waals surface area contributed by atoms with Gasteiger partial charge in [-0.1, -0.05) is 0 Å². The third-order valence-electron chi connectivity index (χ3n) is 1.84. The van der Waals surface area contributed by atoms with Crippen molar-refractivity contribution in [1.82, 2.24) is 4.98 Å². The van der Waals surface area contributed by atoms with Crippen LogP contribution in [0.15, 0.2) is 0 Å². The second kappa shape index (κ2) is 2.78. The highest BCUT2D eigenvalue weighted by Crippen LogP contribution is 2.21. The molecular weight excluding hydrogens is 140 g/mol. The molecule has 1 rings (SSSR count). The lowest BCUT2D eigenvalue weighted by atomic mass is 10.2. The minimum absolute atomic E-state index is 0.659. The van der Waals surface area contributed by atoms with Gasteiger partial charge >= 0.3 is 0 Å². The van der Waals surface area contributed by atoms with E-state index in [0.717, 1.165) is 23.2 Å². The summed E-state index contributed by atoms with van der Waals surface area (Å²) in [6.45, 7) is 3.85. The Morgan fingerprint density at radius 1 is 1.45 bits per heavy atom. The third kappa shape index (κ3) is 1.13. The highest BCUT2D eigenvalue weighted by atomic mass is 16.1. The molecule has 1 aromatic rings. The zero-order chi connectivity index (χ0) is 8.43. The molecule has 60 valence electrons. The zero-order valence-corrected chi connectivity index (χ0v) is 6.99. The number of hydrogen-bond donors (Lipinski definition) is 2. The van der Waals surface area contributed by atoms with E-state index in [1.807, 2.05) is 20.9 Å². The second-order valence-corrected chi connectivity index (χ2v) is 2.53. The largest absolute Gasteiger partial charge is 0.386 e. The van der Waals surface area contributed by atoms with E-state index in [2.05, 4.69) is 10.3 Å². The van der Waals surface area contributed by atoms with Crippen LogP contribution in [0.2, 0.25) is 0 Å². The van der Waals surface area contributed by atoms with Crippen LogP contribution in [0.5, 0.6) is 0 Å². The molecule has 0 radical (unpaired) electrons. The Labute approximate surface area is 65.8 Å². The lowest BCUT2D eigenvalue weighted by molar-refractivity contribution is 0.111. The second-order valence-electron chi connectivity index (χ2n) is 2.53. The predicted molar refractivity (Wildman–Crippen MR) is 45.2 cm³/mol. The molecule has 11 heavy (non-hydrogen) atoms. The fourth-order valence-electron chi connectivity index (χ4n) is 1.27. The van der Waals surface area contributed by atoms with Crippen LogP contribution in [-0.4, -0.2) is 18.3 Å². The van der Waals surface area contributed by atoms with E-state index in [4.69, 9.17) is 0 Å². The number of carbonyl (C=O) groups excluding carboxylic acids is 1. The Morgan fingerprint density at radius 3 is 2.36 bits per heavy atom. The van der Waals surface area contributed by atoms with Gasteiger partial charge in [-0.15, -0.1) is 0 Å². The molecule has 1 heterocycles. The van der Waals surface area contributed by atoms with E-state index in [0.29, 0.717) is 5.69 Å². The molecule has 0 spiro atoms. The van der Waals surface area contributed by atoms with E-state index in [1.54, 1.807) is 0 Å². The molecule has 0 aliphatic rings. The first-order valence-electron chi connectivity index (χ1n) is 3.52. The molecule has 0 aliphatic carbocycles. The highest BCUT2D eigenvalue weighted by Gasteiger charge is 2.07. The van der Waals surface area contributed by atoms with E-state index < -0.39 is 0 Å². The highest BCUT2D eigenvalue weighted by molar-refractivity contribution is 5.79. The lowest BCUT2D eigenvalue weighted by Gasteiger charge is -1.98. The van der Waals surface area contributed by atoms with Crippen LogP contribution >= 0.6 is 0 Å². The Bertz CT molecular complexity index is 276. The van der Waals surface area contributed by atoms with Crippen LogP contribution in [-0.2, 0) is 0 Å². The van der Waals surface area contributed by atoms with Gasteiger partial charge in [0.1, 0.15) is 0 Å². The lowest BCUT2D eigenvalue weighted by Crippen LogP contribution is -1.90. The predicted octanol–water partition coefficient (Wildman–Crippen LogP) is 1.49. The summed E-state index contributed by atoms with van der Waals surface area (Å²) in [6.07, 6.45) is 0.836. The number of rotatable bonds is 2. The van der Waals surface area contributed by atoms with E-state index in [-0.39, 0.29) is 0 Å². The number of aldehydes is 1. The number of aryl methyl sites for hydroxylation is 1.